The molecule has 2 heterocycles. The highest BCUT2D eigenvalue weighted by molar-refractivity contribution is 6.21. The summed E-state index contributed by atoms with van der Waals surface area (Å²) in [4.78, 5) is 0. The number of benzene rings is 7. The average molecular weight is 629 g/mol. The first-order chi connectivity index (χ1) is 24.2. The number of rotatable bonds is 6. The molecule has 0 aliphatic rings. The summed E-state index contributed by atoms with van der Waals surface area (Å²) in [5.41, 5.74) is 13.8. The summed E-state index contributed by atoms with van der Waals surface area (Å²) in [7, 11) is 0. The maximum Gasteiger partial charge on any atom is 0.160 e. The van der Waals surface area contributed by atoms with Crippen molar-refractivity contribution in [3.05, 3.63) is 174 Å². The first-order valence-corrected chi connectivity index (χ1v) is 16.8. The van der Waals surface area contributed by atoms with Crippen LogP contribution in [-0.4, -0.2) is 4.57 Å². The number of para-hydroxylation sites is 3. The van der Waals surface area contributed by atoms with Crippen LogP contribution in [0.1, 0.15) is 22.3 Å². The molecule has 7 aromatic carbocycles. The Morgan fingerprint density at radius 2 is 1.27 bits per heavy atom. The van der Waals surface area contributed by atoms with E-state index < -0.39 is 0 Å². The number of nitrogens with zero attached hydrogens (tertiary/aromatic N) is 2. The third kappa shape index (κ3) is 4.73. The molecule has 2 aromatic heterocycles. The Morgan fingerprint density at radius 3 is 2.10 bits per heavy atom. The van der Waals surface area contributed by atoms with Gasteiger partial charge in [0.25, 0.3) is 0 Å². The summed E-state index contributed by atoms with van der Waals surface area (Å²) < 4.78 is 8.84. The van der Waals surface area contributed by atoms with Crippen LogP contribution < -0.4 is 0 Å². The largest absolute Gasteiger partial charge is 0.454 e. The van der Waals surface area contributed by atoms with Crippen LogP contribution >= 0.6 is 0 Å². The summed E-state index contributed by atoms with van der Waals surface area (Å²) in [5, 5.41) is 14.9. The zero-order valence-corrected chi connectivity index (χ0v) is 27.2. The number of aryl methyl sites for hydroxylation is 3. The lowest BCUT2D eigenvalue weighted by molar-refractivity contribution is 0.671. The van der Waals surface area contributed by atoms with Crippen LogP contribution in [0.15, 0.2) is 156 Å². The average Bonchev–Trinajstić information content (AvgIpc) is 3.70. The quantitative estimate of drug-likeness (QED) is 0.184. The molecule has 3 nitrogen and oxygen atoms in total. The Morgan fingerprint density at radius 1 is 0.571 bits per heavy atom. The van der Waals surface area contributed by atoms with E-state index in [1.807, 2.05) is 30.3 Å². The highest BCUT2D eigenvalue weighted by Crippen LogP contribution is 2.42. The van der Waals surface area contributed by atoms with E-state index in [1.54, 1.807) is 0 Å². The summed E-state index contributed by atoms with van der Waals surface area (Å²) in [6.45, 7) is 2.18. The van der Waals surface area contributed by atoms with Gasteiger partial charge in [-0.25, -0.2) is 0 Å². The van der Waals surface area contributed by atoms with Crippen LogP contribution in [0, 0.1) is 18.3 Å². The molecule has 49 heavy (non-hydrogen) atoms. The van der Waals surface area contributed by atoms with E-state index in [-0.39, 0.29) is 0 Å². The third-order valence-corrected chi connectivity index (χ3v) is 9.96. The first kappa shape index (κ1) is 28.8. The predicted octanol–water partition coefficient (Wildman–Crippen LogP) is 12.0. The number of nitriles is 1. The number of hydrogen-bond donors (Lipinski definition) is 0. The molecule has 3 heteroatoms. The van der Waals surface area contributed by atoms with Gasteiger partial charge in [-0.1, -0.05) is 127 Å². The molecule has 0 fully saturated rings. The van der Waals surface area contributed by atoms with Gasteiger partial charge in [0.15, 0.2) is 5.58 Å². The lowest BCUT2D eigenvalue weighted by atomic mass is 9.92. The second-order valence-corrected chi connectivity index (χ2v) is 12.8. The first-order valence-electron chi connectivity index (χ1n) is 16.8. The highest BCUT2D eigenvalue weighted by Gasteiger charge is 2.22. The summed E-state index contributed by atoms with van der Waals surface area (Å²) >= 11 is 0. The van der Waals surface area contributed by atoms with Crippen molar-refractivity contribution < 1.29 is 4.42 Å². The van der Waals surface area contributed by atoms with Gasteiger partial charge < -0.3 is 8.98 Å². The van der Waals surface area contributed by atoms with Crippen LogP contribution in [0.4, 0.5) is 0 Å². The normalized spacial score (nSPS) is 11.5. The van der Waals surface area contributed by atoms with Crippen molar-refractivity contribution in [2.75, 3.05) is 0 Å². The van der Waals surface area contributed by atoms with Gasteiger partial charge in [-0.15, -0.1) is 0 Å². The van der Waals surface area contributed by atoms with E-state index in [0.29, 0.717) is 5.56 Å². The standard InChI is InChI=1S/C46H32N2O/c1-30-11-2-4-14-35(30)36-15-5-3-12-32(36)24-21-31-22-25-33(26-23-31)37-18-10-13-34(29-47)44(37)48-42-19-8-6-16-38(42)40-27-28-41-39-17-7-9-20-43(39)49-46(41)45(40)48/h2-20,22-23,25-28H,21,24H2,1H3. The van der Waals surface area contributed by atoms with Crippen molar-refractivity contribution in [3.63, 3.8) is 0 Å². The molecule has 0 amide bonds. The molecule has 0 N–H and O–H groups in total. The van der Waals surface area contributed by atoms with Crippen LogP contribution in [0.5, 0.6) is 0 Å². The lowest BCUT2D eigenvalue weighted by Gasteiger charge is -2.16. The van der Waals surface area contributed by atoms with Crippen LogP contribution in [-0.2, 0) is 12.8 Å². The monoisotopic (exact) mass is 628 g/mol. The molecule has 0 saturated heterocycles. The van der Waals surface area contributed by atoms with Crippen LogP contribution in [0.2, 0.25) is 0 Å². The van der Waals surface area contributed by atoms with Gasteiger partial charge in [-0.05, 0) is 77.4 Å². The molecule has 0 saturated carbocycles. The number of hydrogen-bond acceptors (Lipinski definition) is 2. The molecule has 0 atom stereocenters. The maximum atomic E-state index is 10.5. The van der Waals surface area contributed by atoms with E-state index in [0.717, 1.165) is 73.4 Å². The minimum atomic E-state index is 0.616. The van der Waals surface area contributed by atoms with E-state index in [9.17, 15) is 5.26 Å². The number of fused-ring (bicyclic) bond motifs is 7. The second-order valence-electron chi connectivity index (χ2n) is 12.8. The predicted molar refractivity (Wildman–Crippen MR) is 202 cm³/mol. The summed E-state index contributed by atoms with van der Waals surface area (Å²) in [6.07, 6.45) is 1.89. The van der Waals surface area contributed by atoms with Gasteiger partial charge in [-0.3, -0.25) is 0 Å². The molecule has 0 aliphatic heterocycles. The molecular weight excluding hydrogens is 597 g/mol. The zero-order chi connectivity index (χ0) is 32.9. The molecule has 0 spiro atoms. The summed E-state index contributed by atoms with van der Waals surface area (Å²) in [6, 6.07) is 55.7. The Labute approximate surface area is 284 Å². The minimum Gasteiger partial charge on any atom is -0.454 e. The van der Waals surface area contributed by atoms with Crippen molar-refractivity contribution in [1.82, 2.24) is 4.57 Å². The van der Waals surface area contributed by atoms with E-state index in [2.05, 4.69) is 139 Å². The highest BCUT2D eigenvalue weighted by atomic mass is 16.3. The molecule has 0 unspecified atom stereocenters. The molecule has 0 bridgehead atoms. The second kappa shape index (κ2) is 11.7. The fraction of sp³-hybridized carbons (Fsp3) is 0.0652. The Hall–Kier alpha value is -6.37. The fourth-order valence-electron chi connectivity index (χ4n) is 7.58. The summed E-state index contributed by atoms with van der Waals surface area (Å²) in [5.74, 6) is 0. The van der Waals surface area contributed by atoms with Gasteiger partial charge in [0.1, 0.15) is 11.7 Å². The Bertz CT molecular complexity index is 2740. The molecule has 9 rings (SSSR count). The molecular formula is C46H32N2O. The number of furan rings is 1. The zero-order valence-electron chi connectivity index (χ0n) is 27.2. The molecule has 9 aromatic rings. The van der Waals surface area contributed by atoms with Crippen molar-refractivity contribution in [1.29, 1.82) is 5.26 Å². The van der Waals surface area contributed by atoms with Crippen LogP contribution in [0.25, 0.3) is 71.7 Å². The van der Waals surface area contributed by atoms with Crippen LogP contribution in [0.3, 0.4) is 0 Å². The SMILES string of the molecule is Cc1ccccc1-c1ccccc1CCc1ccc(-c2cccc(C#N)c2-n2c3ccccc3c3ccc4c5ccccc5oc4c32)cc1. The maximum absolute atomic E-state index is 10.5. The fourth-order valence-corrected chi connectivity index (χ4v) is 7.58. The Balaban J connectivity index is 1.16. The number of aromatic nitrogens is 1. The van der Waals surface area contributed by atoms with Gasteiger partial charge in [-0.2, -0.15) is 5.26 Å². The molecule has 232 valence electrons. The van der Waals surface area contributed by atoms with E-state index in [1.165, 1.54) is 27.8 Å². The molecule has 0 aliphatic carbocycles. The lowest BCUT2D eigenvalue weighted by Crippen LogP contribution is -2.01. The minimum absolute atomic E-state index is 0.616. The van der Waals surface area contributed by atoms with E-state index in [4.69, 9.17) is 4.42 Å². The van der Waals surface area contributed by atoms with E-state index >= 15 is 0 Å². The van der Waals surface area contributed by atoms with Crippen molar-refractivity contribution >= 4 is 43.7 Å². The third-order valence-electron chi connectivity index (χ3n) is 9.96. The van der Waals surface area contributed by atoms with Gasteiger partial charge in [0.05, 0.1) is 22.3 Å². The van der Waals surface area contributed by atoms with Gasteiger partial charge in [0.2, 0.25) is 0 Å². The van der Waals surface area contributed by atoms with Crippen molar-refractivity contribution in [2.45, 2.75) is 19.8 Å². The van der Waals surface area contributed by atoms with Gasteiger partial charge in [0, 0.05) is 27.1 Å². The van der Waals surface area contributed by atoms with Crippen molar-refractivity contribution in [2.24, 2.45) is 0 Å². The Kier molecular flexibility index (Phi) is 6.88. The molecule has 0 radical (unpaired) electrons. The smallest absolute Gasteiger partial charge is 0.160 e. The topological polar surface area (TPSA) is 41.9 Å². The van der Waals surface area contributed by atoms with Crippen molar-refractivity contribution in [3.8, 4) is 34.0 Å². The van der Waals surface area contributed by atoms with Gasteiger partial charge >= 0.3 is 0 Å².